The van der Waals surface area contributed by atoms with Crippen LogP contribution in [0, 0.1) is 5.41 Å². The summed E-state index contributed by atoms with van der Waals surface area (Å²) >= 11 is 7.76. The number of benzene rings is 4. The summed E-state index contributed by atoms with van der Waals surface area (Å²) in [6.45, 7) is 14.1. The molecule has 3 heterocycles. The standard InChI is InChI=1S/C52H65ClF3N7O5S3.ClH/c1-51(38-62-28-23-57-24-29-62)22-20-47(39-10-14-42(53)15-11-39)41(35-51)36-61-30-32-63(33-31-61)44-16-12-40(13-17-44)50(64)59-71(67,68)46-18-19-48(49(34-46)70(65,66)52(54,55)56)58-43(21-27-60-25-6-3-7-26-60)37-69-45-8-4-2-5-9-45;/h2,4-5,8-19,34,43,57-58H,3,6-7,20-33,35-38H2,1H3,(H,59,64);1H. The molecule has 8 rings (SSSR count). The molecule has 0 aromatic heterocycles. The molecule has 2 atom stereocenters. The van der Waals surface area contributed by atoms with Crippen molar-refractivity contribution < 1.29 is 34.8 Å². The van der Waals surface area contributed by atoms with Crippen molar-refractivity contribution in [2.75, 3.05) is 101 Å². The average molecular weight is 1090 g/mol. The number of hydrogen-bond acceptors (Lipinski definition) is 12. The van der Waals surface area contributed by atoms with Crippen LogP contribution in [0.15, 0.2) is 117 Å². The molecule has 4 aromatic carbocycles. The summed E-state index contributed by atoms with van der Waals surface area (Å²) in [6.07, 6.45) is 6.89. The lowest BCUT2D eigenvalue weighted by Gasteiger charge is -2.43. The van der Waals surface area contributed by atoms with Gasteiger partial charge in [0.25, 0.3) is 25.8 Å². The van der Waals surface area contributed by atoms with Gasteiger partial charge in [-0.3, -0.25) is 9.69 Å². The molecule has 20 heteroatoms. The highest BCUT2D eigenvalue weighted by Gasteiger charge is 2.48. The fraction of sp³-hybridized carbons (Fsp3) is 0.481. The average Bonchev–Trinajstić information content (AvgIpc) is 3.36. The van der Waals surface area contributed by atoms with Gasteiger partial charge in [-0.1, -0.05) is 60.9 Å². The number of rotatable bonds is 18. The highest BCUT2D eigenvalue weighted by molar-refractivity contribution is 7.99. The first-order valence-electron chi connectivity index (χ1n) is 24.6. The lowest BCUT2D eigenvalue weighted by atomic mass is 9.71. The molecular weight excluding hydrogens is 1030 g/mol. The predicted molar refractivity (Wildman–Crippen MR) is 286 cm³/mol. The molecule has 4 aromatic rings. The first kappa shape index (κ1) is 55.9. The van der Waals surface area contributed by atoms with Crippen LogP contribution in [0.5, 0.6) is 0 Å². The summed E-state index contributed by atoms with van der Waals surface area (Å²) in [4.78, 5) is 21.9. The Hall–Kier alpha value is -3.85. The first-order chi connectivity index (χ1) is 33.9. The number of carbonyl (C=O) groups excluding carboxylic acids is 1. The van der Waals surface area contributed by atoms with Gasteiger partial charge in [-0.25, -0.2) is 21.6 Å². The Morgan fingerprint density at radius 1 is 0.819 bits per heavy atom. The van der Waals surface area contributed by atoms with Crippen LogP contribution >= 0.6 is 35.8 Å². The van der Waals surface area contributed by atoms with E-state index in [1.807, 2.05) is 47.2 Å². The number of sulfonamides is 1. The van der Waals surface area contributed by atoms with E-state index in [0.717, 1.165) is 145 Å². The minimum absolute atomic E-state index is 0. The minimum atomic E-state index is -6.04. The summed E-state index contributed by atoms with van der Waals surface area (Å²) < 4.78 is 98.3. The molecule has 3 fully saturated rings. The number of piperidine rings is 1. The van der Waals surface area contributed by atoms with Crippen molar-refractivity contribution in [3.63, 3.8) is 0 Å². The lowest BCUT2D eigenvalue weighted by molar-refractivity contribution is -0.0435. The van der Waals surface area contributed by atoms with E-state index < -0.39 is 47.1 Å². The molecule has 0 radical (unpaired) electrons. The zero-order valence-electron chi connectivity index (χ0n) is 40.6. The fourth-order valence-electron chi connectivity index (χ4n) is 10.3. The molecule has 4 aliphatic rings. The molecule has 12 nitrogen and oxygen atoms in total. The van der Waals surface area contributed by atoms with Gasteiger partial charge < -0.3 is 25.3 Å². The predicted octanol–water partition coefficient (Wildman–Crippen LogP) is 9.29. The minimum Gasteiger partial charge on any atom is -0.380 e. The third-order valence-electron chi connectivity index (χ3n) is 14.2. The van der Waals surface area contributed by atoms with Crippen molar-refractivity contribution in [1.29, 1.82) is 0 Å². The zero-order chi connectivity index (χ0) is 50.2. The van der Waals surface area contributed by atoms with Crippen molar-refractivity contribution >= 4 is 78.5 Å². The van der Waals surface area contributed by atoms with E-state index in [0.29, 0.717) is 24.8 Å². The lowest BCUT2D eigenvalue weighted by Crippen LogP contribution is -2.49. The molecule has 2 unspecified atom stereocenters. The largest absolute Gasteiger partial charge is 0.501 e. The number of likely N-dealkylation sites (tertiary alicyclic amines) is 1. The molecular formula is C52H66Cl2F3N7O5S3. The molecule has 3 N–H and O–H groups in total. The number of sulfone groups is 1. The van der Waals surface area contributed by atoms with Crippen LogP contribution in [0.1, 0.15) is 67.8 Å². The third kappa shape index (κ3) is 14.5. The van der Waals surface area contributed by atoms with Gasteiger partial charge in [0.15, 0.2) is 0 Å². The number of nitrogens with zero attached hydrogens (tertiary/aromatic N) is 4. The molecule has 392 valence electrons. The Bertz CT molecular complexity index is 2700. The number of alkyl halides is 3. The number of amides is 1. The van der Waals surface area contributed by atoms with Crippen molar-refractivity contribution in [3.8, 4) is 0 Å². The Morgan fingerprint density at radius 2 is 1.50 bits per heavy atom. The SMILES string of the molecule is CC1(CN2CCNCC2)CCC(c2ccc(Cl)cc2)=C(CN2CCN(c3ccc(C(=O)NS(=O)(=O)c4ccc(NC(CCN5CCCCC5)CSc5ccccc5)c(S(=O)(=O)C(F)(F)F)c4)cc3)CC2)C1.Cl. The van der Waals surface area contributed by atoms with Crippen molar-refractivity contribution in [2.45, 2.75) is 78.1 Å². The quantitative estimate of drug-likeness (QED) is 0.0821. The smallest absolute Gasteiger partial charge is 0.380 e. The summed E-state index contributed by atoms with van der Waals surface area (Å²) in [6, 6.07) is 26.2. The Morgan fingerprint density at radius 3 is 2.17 bits per heavy atom. The second-order valence-electron chi connectivity index (χ2n) is 19.6. The van der Waals surface area contributed by atoms with E-state index in [4.69, 9.17) is 11.6 Å². The number of nitrogens with one attached hydrogen (secondary N) is 3. The monoisotopic (exact) mass is 1090 g/mol. The second-order valence-corrected chi connectivity index (χ2v) is 24.7. The van der Waals surface area contributed by atoms with E-state index in [-0.39, 0.29) is 29.1 Å². The van der Waals surface area contributed by atoms with Crippen LogP contribution in [0.4, 0.5) is 24.5 Å². The van der Waals surface area contributed by atoms with Crippen LogP contribution < -0.4 is 20.3 Å². The number of piperazine rings is 2. The molecule has 72 heavy (non-hydrogen) atoms. The van der Waals surface area contributed by atoms with Crippen LogP contribution in [0.3, 0.4) is 0 Å². The van der Waals surface area contributed by atoms with Gasteiger partial charge in [0.05, 0.1) is 10.6 Å². The number of thioether (sulfide) groups is 1. The highest BCUT2D eigenvalue weighted by atomic mass is 35.5. The molecule has 3 aliphatic heterocycles. The first-order valence-corrected chi connectivity index (χ1v) is 28.9. The highest BCUT2D eigenvalue weighted by Crippen LogP contribution is 2.44. The van der Waals surface area contributed by atoms with Gasteiger partial charge in [0.2, 0.25) is 0 Å². The van der Waals surface area contributed by atoms with E-state index in [1.165, 1.54) is 40.6 Å². The molecule has 0 bridgehead atoms. The molecule has 1 amide bonds. The Labute approximate surface area is 438 Å². The Kier molecular flexibility index (Phi) is 19.1. The summed E-state index contributed by atoms with van der Waals surface area (Å²) in [5.74, 6) is -0.614. The van der Waals surface area contributed by atoms with Crippen LogP contribution in [-0.2, 0) is 19.9 Å². The summed E-state index contributed by atoms with van der Waals surface area (Å²) in [5, 5.41) is 7.22. The second kappa shape index (κ2) is 24.7. The van der Waals surface area contributed by atoms with E-state index >= 15 is 0 Å². The topological polar surface area (TPSA) is 134 Å². The van der Waals surface area contributed by atoms with Crippen LogP contribution in [0.2, 0.25) is 5.02 Å². The van der Waals surface area contributed by atoms with Crippen LogP contribution in [0.25, 0.3) is 5.57 Å². The van der Waals surface area contributed by atoms with Crippen molar-refractivity contribution in [2.24, 2.45) is 5.41 Å². The van der Waals surface area contributed by atoms with Crippen molar-refractivity contribution in [1.82, 2.24) is 24.7 Å². The molecule has 1 aliphatic carbocycles. The number of halogens is 5. The number of allylic oxidation sites excluding steroid dienone is 1. The molecule has 0 saturated carbocycles. The van der Waals surface area contributed by atoms with E-state index in [1.54, 1.807) is 12.1 Å². The Balaban J connectivity index is 0.00000760. The maximum atomic E-state index is 14.3. The van der Waals surface area contributed by atoms with Gasteiger partial charge >= 0.3 is 5.51 Å². The summed E-state index contributed by atoms with van der Waals surface area (Å²) in [5.41, 5.74) is -0.955. The number of hydrogen-bond donors (Lipinski definition) is 3. The zero-order valence-corrected chi connectivity index (χ0v) is 44.7. The van der Waals surface area contributed by atoms with Crippen molar-refractivity contribution in [3.05, 3.63) is 119 Å². The molecule has 0 spiro atoms. The molecule has 3 saturated heterocycles. The maximum absolute atomic E-state index is 14.3. The van der Waals surface area contributed by atoms with Gasteiger partial charge in [-0.05, 0) is 135 Å². The summed E-state index contributed by atoms with van der Waals surface area (Å²) in [7, 11) is -10.9. The van der Waals surface area contributed by atoms with E-state index in [9.17, 15) is 34.8 Å². The fourth-order valence-corrected chi connectivity index (χ4v) is 13.4. The third-order valence-corrected chi connectivity index (χ3v) is 18.5. The van der Waals surface area contributed by atoms with Gasteiger partial charge in [0.1, 0.15) is 4.90 Å². The van der Waals surface area contributed by atoms with Gasteiger partial charge in [-0.15, -0.1) is 24.2 Å². The maximum Gasteiger partial charge on any atom is 0.501 e. The van der Waals surface area contributed by atoms with Crippen LogP contribution in [-0.4, -0.2) is 140 Å². The van der Waals surface area contributed by atoms with Gasteiger partial charge in [-0.2, -0.15) is 13.2 Å². The number of anilines is 2. The number of carbonyl (C=O) groups is 1. The normalized spacial score (nSPS) is 20.4. The van der Waals surface area contributed by atoms with E-state index in [2.05, 4.69) is 49.3 Å². The van der Waals surface area contributed by atoms with Gasteiger partial charge in [0, 0.05) is 105 Å².